The number of halogens is 2. The van der Waals surface area contributed by atoms with Gasteiger partial charge in [-0.3, -0.25) is 9.59 Å². The summed E-state index contributed by atoms with van der Waals surface area (Å²) in [5.74, 6) is 0.745. The molecule has 8 heteroatoms. The summed E-state index contributed by atoms with van der Waals surface area (Å²) in [5, 5.41) is 0.447. The van der Waals surface area contributed by atoms with E-state index in [0.29, 0.717) is 28.6 Å². The smallest absolute Gasteiger partial charge is 0.245 e. The van der Waals surface area contributed by atoms with Gasteiger partial charge in [-0.25, -0.2) is 0 Å². The highest BCUT2D eigenvalue weighted by Crippen LogP contribution is 2.35. The van der Waals surface area contributed by atoms with Crippen molar-refractivity contribution in [3.8, 4) is 11.6 Å². The van der Waals surface area contributed by atoms with Crippen LogP contribution in [0.25, 0.3) is 28.9 Å². The number of ketones is 2. The topological polar surface area (TPSA) is 78.2 Å². The van der Waals surface area contributed by atoms with Crippen molar-refractivity contribution in [2.24, 2.45) is 7.05 Å². The monoisotopic (exact) mass is 412 g/mol. The average Bonchev–Trinajstić information content (AvgIpc) is 3.41. The number of furan rings is 2. The summed E-state index contributed by atoms with van der Waals surface area (Å²) < 4.78 is 12.9. The van der Waals surface area contributed by atoms with Gasteiger partial charge in [0, 0.05) is 24.2 Å². The van der Waals surface area contributed by atoms with Crippen LogP contribution < -0.4 is 0 Å². The number of imidazole rings is 1. The lowest BCUT2D eigenvalue weighted by Crippen LogP contribution is -1.99. The maximum absolute atomic E-state index is 12.6. The Bertz CT molecular complexity index is 1280. The summed E-state index contributed by atoms with van der Waals surface area (Å²) in [6.45, 7) is 0. The highest BCUT2D eigenvalue weighted by atomic mass is 35.5. The molecule has 0 unspecified atom stereocenters. The van der Waals surface area contributed by atoms with Gasteiger partial charge >= 0.3 is 0 Å². The molecular formula is C20H10Cl2N2O4. The molecule has 0 radical (unpaired) electrons. The largest absolute Gasteiger partial charge is 0.461 e. The second-order valence-electron chi connectivity index (χ2n) is 6.34. The number of Topliss-reactive ketones (excluding diaryl/α,β-unsaturated/α-hetero) is 2. The summed E-state index contributed by atoms with van der Waals surface area (Å²) in [5.41, 5.74) is 1.56. The van der Waals surface area contributed by atoms with E-state index in [2.05, 4.69) is 4.98 Å². The van der Waals surface area contributed by atoms with Gasteiger partial charge in [0.25, 0.3) is 0 Å². The molecule has 28 heavy (non-hydrogen) atoms. The minimum atomic E-state index is -0.414. The number of carbonyl (C=O) groups excluding carboxylic acids is 2. The van der Waals surface area contributed by atoms with Gasteiger partial charge < -0.3 is 13.4 Å². The van der Waals surface area contributed by atoms with Crippen molar-refractivity contribution in [1.29, 1.82) is 0 Å². The molecule has 0 amide bonds. The summed E-state index contributed by atoms with van der Waals surface area (Å²) in [7, 11) is 1.82. The molecule has 5 rings (SSSR count). The molecule has 3 heterocycles. The number of fused-ring (bicyclic) bond motifs is 2. The van der Waals surface area contributed by atoms with Crippen molar-refractivity contribution in [2.75, 3.05) is 0 Å². The van der Waals surface area contributed by atoms with E-state index >= 15 is 0 Å². The number of nitrogens with zero attached hydrogens (tertiary/aromatic N) is 2. The van der Waals surface area contributed by atoms with Gasteiger partial charge in [0.2, 0.25) is 5.71 Å². The number of aryl methyl sites for hydroxylation is 1. The molecule has 1 aliphatic carbocycles. The molecule has 1 aliphatic rings. The maximum atomic E-state index is 12.6. The Labute approximate surface area is 168 Å². The van der Waals surface area contributed by atoms with E-state index in [0.717, 1.165) is 0 Å². The number of hydrogen-bond donors (Lipinski definition) is 0. The number of allylic oxidation sites excluding steroid dienone is 1. The van der Waals surface area contributed by atoms with Crippen LogP contribution in [-0.2, 0) is 7.05 Å². The molecule has 0 spiro atoms. The standard InChI is InChI=1S/C20H10Cl2N2O4/c1-24-15-6-9(28-20(15)23-19(24)16-3-2-4-27-16)5-12-17(25)10-7-13(21)14(22)8-11(10)18(12)26/h2-8H,1H3. The van der Waals surface area contributed by atoms with Crippen LogP contribution in [0, 0.1) is 0 Å². The van der Waals surface area contributed by atoms with Gasteiger partial charge in [-0.05, 0) is 30.3 Å². The predicted octanol–water partition coefficient (Wildman–Crippen LogP) is 5.20. The summed E-state index contributed by atoms with van der Waals surface area (Å²) >= 11 is 11.9. The van der Waals surface area contributed by atoms with E-state index in [1.165, 1.54) is 18.2 Å². The molecule has 0 bridgehead atoms. The highest BCUT2D eigenvalue weighted by molar-refractivity contribution is 6.46. The molecule has 1 aromatic carbocycles. The Kier molecular flexibility index (Phi) is 3.62. The van der Waals surface area contributed by atoms with Gasteiger partial charge in [0.1, 0.15) is 11.3 Å². The van der Waals surface area contributed by atoms with Crippen LogP contribution in [0.5, 0.6) is 0 Å². The van der Waals surface area contributed by atoms with Crippen LogP contribution in [0.2, 0.25) is 10.0 Å². The van der Waals surface area contributed by atoms with Crippen molar-refractivity contribution in [3.05, 3.63) is 69.1 Å². The molecular weight excluding hydrogens is 403 g/mol. The zero-order valence-corrected chi connectivity index (χ0v) is 15.8. The van der Waals surface area contributed by atoms with E-state index in [1.807, 2.05) is 11.6 Å². The first kappa shape index (κ1) is 17.0. The van der Waals surface area contributed by atoms with Crippen molar-refractivity contribution in [1.82, 2.24) is 9.55 Å². The SMILES string of the molecule is Cn1c(-c2ccco2)nc2oc(C=C3C(=O)c4cc(Cl)c(Cl)cc4C3=O)cc21. The molecule has 0 aliphatic heterocycles. The van der Waals surface area contributed by atoms with Crippen LogP contribution in [-0.4, -0.2) is 21.1 Å². The Hall–Kier alpha value is -3.09. The maximum Gasteiger partial charge on any atom is 0.245 e. The number of aromatic nitrogens is 2. The Balaban J connectivity index is 1.57. The number of rotatable bonds is 2. The first-order chi connectivity index (χ1) is 13.4. The lowest BCUT2D eigenvalue weighted by atomic mass is 10.1. The number of hydrogen-bond acceptors (Lipinski definition) is 5. The van der Waals surface area contributed by atoms with Crippen molar-refractivity contribution < 1.29 is 18.4 Å². The fourth-order valence-corrected chi connectivity index (χ4v) is 3.61. The molecule has 0 atom stereocenters. The minimum absolute atomic E-state index is 0.00125. The second-order valence-corrected chi connectivity index (χ2v) is 7.15. The van der Waals surface area contributed by atoms with Crippen molar-refractivity contribution in [3.63, 3.8) is 0 Å². The quantitative estimate of drug-likeness (QED) is 0.334. The Morgan fingerprint density at radius 1 is 1.07 bits per heavy atom. The van der Waals surface area contributed by atoms with Crippen LogP contribution in [0.1, 0.15) is 26.5 Å². The zero-order valence-electron chi connectivity index (χ0n) is 14.3. The molecule has 3 aromatic heterocycles. The summed E-state index contributed by atoms with van der Waals surface area (Å²) in [6.07, 6.45) is 2.98. The van der Waals surface area contributed by atoms with E-state index in [9.17, 15) is 9.59 Å². The molecule has 0 N–H and O–H groups in total. The van der Waals surface area contributed by atoms with Crippen LogP contribution in [0.15, 0.2) is 51.0 Å². The van der Waals surface area contributed by atoms with Gasteiger partial charge in [0.15, 0.2) is 23.2 Å². The number of benzene rings is 1. The molecule has 0 saturated carbocycles. The normalized spacial score (nSPS) is 13.6. The van der Waals surface area contributed by atoms with Crippen molar-refractivity contribution in [2.45, 2.75) is 0 Å². The van der Waals surface area contributed by atoms with E-state index in [-0.39, 0.29) is 26.7 Å². The first-order valence-electron chi connectivity index (χ1n) is 8.24. The number of carbonyl (C=O) groups is 2. The van der Waals surface area contributed by atoms with Gasteiger partial charge in [-0.2, -0.15) is 4.98 Å². The molecule has 138 valence electrons. The second kappa shape index (κ2) is 5.95. The fourth-order valence-electron chi connectivity index (χ4n) is 3.28. The van der Waals surface area contributed by atoms with Crippen LogP contribution in [0.4, 0.5) is 0 Å². The van der Waals surface area contributed by atoms with Crippen LogP contribution in [0.3, 0.4) is 0 Å². The molecule has 4 aromatic rings. The van der Waals surface area contributed by atoms with Crippen LogP contribution >= 0.6 is 23.2 Å². The predicted molar refractivity (Wildman–Crippen MR) is 104 cm³/mol. The lowest BCUT2D eigenvalue weighted by Gasteiger charge is -1.98. The average molecular weight is 413 g/mol. The van der Waals surface area contributed by atoms with Crippen molar-refractivity contribution >= 4 is 52.1 Å². The summed E-state index contributed by atoms with van der Waals surface area (Å²) in [4.78, 5) is 29.7. The van der Waals surface area contributed by atoms with E-state index in [4.69, 9.17) is 32.0 Å². The van der Waals surface area contributed by atoms with E-state index < -0.39 is 11.6 Å². The van der Waals surface area contributed by atoms with E-state index in [1.54, 1.807) is 24.5 Å². The minimum Gasteiger partial charge on any atom is -0.461 e. The van der Waals surface area contributed by atoms with Gasteiger partial charge in [0.05, 0.1) is 21.9 Å². The summed E-state index contributed by atoms with van der Waals surface area (Å²) in [6, 6.07) is 8.11. The molecule has 0 saturated heterocycles. The highest BCUT2D eigenvalue weighted by Gasteiger charge is 2.34. The zero-order chi connectivity index (χ0) is 19.6. The van der Waals surface area contributed by atoms with Gasteiger partial charge in [-0.1, -0.05) is 23.2 Å². The lowest BCUT2D eigenvalue weighted by molar-refractivity contribution is 0.0990. The Morgan fingerprint density at radius 3 is 2.32 bits per heavy atom. The third kappa shape index (κ3) is 2.38. The van der Waals surface area contributed by atoms with Gasteiger partial charge in [-0.15, -0.1) is 0 Å². The third-order valence-electron chi connectivity index (χ3n) is 4.67. The fraction of sp³-hybridized carbons (Fsp3) is 0.0500. The third-order valence-corrected chi connectivity index (χ3v) is 5.39. The molecule has 6 nitrogen and oxygen atoms in total. The molecule has 0 fully saturated rings. The Morgan fingerprint density at radius 2 is 1.75 bits per heavy atom. The first-order valence-corrected chi connectivity index (χ1v) is 9.00.